The van der Waals surface area contributed by atoms with Gasteiger partial charge in [-0.15, -0.1) is 10.2 Å². The van der Waals surface area contributed by atoms with Crippen molar-refractivity contribution >= 4 is 23.9 Å². The molecule has 51 heavy (non-hydrogen) atoms. The second-order valence-electron chi connectivity index (χ2n) is 18.9. The number of ether oxygens (including phenoxy) is 1. The minimum absolute atomic E-state index is 0.00135. The first-order chi connectivity index (χ1) is 24.0. The van der Waals surface area contributed by atoms with E-state index in [-0.39, 0.29) is 70.1 Å². The van der Waals surface area contributed by atoms with Crippen LogP contribution in [0.1, 0.15) is 155 Å². The zero-order valence-corrected chi connectivity index (χ0v) is 32.4. The molecule has 1 heterocycles. The fourth-order valence-corrected chi connectivity index (χ4v) is 12.3. The molecule has 6 aliphatic carbocycles. The van der Waals surface area contributed by atoms with Crippen LogP contribution >= 0.6 is 0 Å². The van der Waals surface area contributed by atoms with Crippen molar-refractivity contribution in [1.82, 2.24) is 15.5 Å². The van der Waals surface area contributed by atoms with E-state index >= 15 is 0 Å². The number of esters is 1. The number of allylic oxidation sites excluding steroid dienone is 1. The number of ketones is 1. The molecule has 0 spiro atoms. The first-order valence-corrected chi connectivity index (χ1v) is 19.5. The maximum Gasteiger partial charge on any atom is 0.309 e. The van der Waals surface area contributed by atoms with E-state index in [4.69, 9.17) is 14.3 Å². The maximum absolute atomic E-state index is 13.8. The van der Waals surface area contributed by atoms with Crippen LogP contribution in [0.15, 0.2) is 15.6 Å². The number of fused-ring (bicyclic) bond motifs is 7. The number of amides is 1. The molecule has 10 nitrogen and oxygen atoms in total. The van der Waals surface area contributed by atoms with Crippen LogP contribution < -0.4 is 5.32 Å². The summed E-state index contributed by atoms with van der Waals surface area (Å²) in [5.41, 5.74) is 0.727. The lowest BCUT2D eigenvalue weighted by Gasteiger charge is -2.68. The number of Topliss-reactive ketones (excluding diaryl/α,β-unsaturated/α-hetero) is 1. The second kappa shape index (κ2) is 13.2. The Morgan fingerprint density at radius 2 is 1.65 bits per heavy atom. The zero-order chi connectivity index (χ0) is 37.3. The summed E-state index contributed by atoms with van der Waals surface area (Å²) >= 11 is 0. The molecule has 1 aromatic rings. The van der Waals surface area contributed by atoms with Crippen LogP contribution in [0.3, 0.4) is 0 Å². The van der Waals surface area contributed by atoms with Gasteiger partial charge < -0.3 is 24.4 Å². The summed E-state index contributed by atoms with van der Waals surface area (Å²) in [6.07, 6.45) is 10.9. The number of carbonyl (C=O) groups excluding carboxylic acids is 4. The van der Waals surface area contributed by atoms with Gasteiger partial charge in [-0.05, 0) is 116 Å². The van der Waals surface area contributed by atoms with Gasteiger partial charge in [-0.1, -0.05) is 55.4 Å². The summed E-state index contributed by atoms with van der Waals surface area (Å²) in [7, 11) is 1.00. The minimum atomic E-state index is -0.725. The van der Waals surface area contributed by atoms with Crippen LogP contribution in [0.2, 0.25) is 0 Å². The van der Waals surface area contributed by atoms with Crippen LogP contribution in [0.4, 0.5) is 0 Å². The van der Waals surface area contributed by atoms with E-state index in [1.54, 1.807) is 13.8 Å². The minimum Gasteiger partial charge on any atom is -0.462 e. The van der Waals surface area contributed by atoms with E-state index in [0.717, 1.165) is 83.2 Å². The lowest BCUT2D eigenvalue weighted by molar-refractivity contribution is -0.213. The number of aliphatic hydroxyl groups is 1. The van der Waals surface area contributed by atoms with Gasteiger partial charge in [0.1, 0.15) is 12.4 Å². The van der Waals surface area contributed by atoms with Crippen molar-refractivity contribution in [1.29, 1.82) is 0 Å². The van der Waals surface area contributed by atoms with Gasteiger partial charge in [0.05, 0.1) is 12.0 Å². The lowest BCUT2D eigenvalue weighted by atomic mass is 9.37. The molecule has 8 unspecified atom stereocenters. The summed E-state index contributed by atoms with van der Waals surface area (Å²) in [6.45, 7) is 17.4. The SMILES string of the molecule is CC(C)C1=C2C3CCC4C(C)(CCC5C(C)(C)C(OC(=O)CC(C)(C)C=O)CCC54C)C3CCC2(NC(=O)c2nnc(C3CC3)o2)CC1=O.CO. The van der Waals surface area contributed by atoms with Gasteiger partial charge in [0.2, 0.25) is 5.89 Å². The number of aromatic nitrogens is 2. The normalized spacial score (nSPS) is 36.9. The Bertz CT molecular complexity index is 1590. The van der Waals surface area contributed by atoms with Gasteiger partial charge in [-0.2, -0.15) is 0 Å². The van der Waals surface area contributed by atoms with Gasteiger partial charge in [0.25, 0.3) is 0 Å². The van der Waals surface area contributed by atoms with E-state index in [0.29, 0.717) is 30.1 Å². The van der Waals surface area contributed by atoms with Crippen molar-refractivity contribution in [3.05, 3.63) is 22.9 Å². The highest BCUT2D eigenvalue weighted by molar-refractivity contribution is 6.03. The van der Waals surface area contributed by atoms with Crippen LogP contribution in [0.25, 0.3) is 0 Å². The Morgan fingerprint density at radius 1 is 0.961 bits per heavy atom. The number of hydrogen-bond acceptors (Lipinski definition) is 9. The molecule has 2 N–H and O–H groups in total. The highest BCUT2D eigenvalue weighted by Crippen LogP contribution is 2.72. The smallest absolute Gasteiger partial charge is 0.309 e. The quantitative estimate of drug-likeness (QED) is 0.212. The highest BCUT2D eigenvalue weighted by atomic mass is 16.5. The molecule has 0 saturated heterocycles. The third-order valence-corrected chi connectivity index (χ3v) is 14.6. The molecule has 5 fully saturated rings. The van der Waals surface area contributed by atoms with E-state index in [2.05, 4.69) is 57.1 Å². The Kier molecular flexibility index (Phi) is 9.80. The molecule has 0 aliphatic heterocycles. The fourth-order valence-electron chi connectivity index (χ4n) is 12.3. The first-order valence-electron chi connectivity index (χ1n) is 19.5. The van der Waals surface area contributed by atoms with Crippen LogP contribution in [-0.2, 0) is 19.1 Å². The molecule has 1 amide bonds. The van der Waals surface area contributed by atoms with E-state index in [9.17, 15) is 19.2 Å². The molecule has 282 valence electrons. The molecule has 6 aliphatic rings. The van der Waals surface area contributed by atoms with Gasteiger partial charge in [-0.25, -0.2) is 0 Å². The predicted molar refractivity (Wildman–Crippen MR) is 191 cm³/mol. The monoisotopic (exact) mass is 707 g/mol. The summed E-state index contributed by atoms with van der Waals surface area (Å²) in [4.78, 5) is 52.0. The van der Waals surface area contributed by atoms with Crippen molar-refractivity contribution in [2.75, 3.05) is 7.11 Å². The van der Waals surface area contributed by atoms with Crippen molar-refractivity contribution in [2.45, 2.75) is 150 Å². The number of aliphatic hydroxyl groups excluding tert-OH is 1. The van der Waals surface area contributed by atoms with Crippen molar-refractivity contribution in [3.8, 4) is 0 Å². The fraction of sp³-hybridized carbons (Fsp3) is 0.805. The number of nitrogens with one attached hydrogen (secondary N) is 1. The van der Waals surface area contributed by atoms with Crippen molar-refractivity contribution in [2.24, 2.45) is 51.2 Å². The molecular formula is C41H61N3O7. The Labute approximate surface area is 303 Å². The summed E-state index contributed by atoms with van der Waals surface area (Å²) < 4.78 is 12.0. The topological polar surface area (TPSA) is 149 Å². The average Bonchev–Trinajstić information content (AvgIpc) is 3.70. The van der Waals surface area contributed by atoms with Crippen molar-refractivity contribution in [3.63, 3.8) is 0 Å². The van der Waals surface area contributed by atoms with Crippen LogP contribution in [-0.4, -0.2) is 58.0 Å². The van der Waals surface area contributed by atoms with E-state index in [1.807, 2.05) is 0 Å². The molecule has 10 heteroatoms. The Balaban J connectivity index is 0.00000220. The first kappa shape index (κ1) is 37.9. The molecule has 1 aromatic heterocycles. The van der Waals surface area contributed by atoms with Gasteiger partial charge >= 0.3 is 17.8 Å². The Morgan fingerprint density at radius 3 is 2.29 bits per heavy atom. The van der Waals surface area contributed by atoms with E-state index < -0.39 is 11.0 Å². The van der Waals surface area contributed by atoms with Crippen molar-refractivity contribution < 1.29 is 33.4 Å². The summed E-state index contributed by atoms with van der Waals surface area (Å²) in [5, 5.41) is 18.6. The van der Waals surface area contributed by atoms with Gasteiger partial charge in [0, 0.05) is 30.3 Å². The number of rotatable bonds is 8. The predicted octanol–water partition coefficient (Wildman–Crippen LogP) is 7.16. The molecule has 0 aromatic carbocycles. The molecule has 8 atom stereocenters. The van der Waals surface area contributed by atoms with Crippen LogP contribution in [0.5, 0.6) is 0 Å². The third kappa shape index (κ3) is 6.23. The molecule has 0 radical (unpaired) electrons. The molecule has 7 rings (SSSR count). The van der Waals surface area contributed by atoms with Gasteiger partial charge in [-0.3, -0.25) is 14.4 Å². The highest BCUT2D eigenvalue weighted by Gasteiger charge is 2.67. The average molecular weight is 708 g/mol. The number of carbonyl (C=O) groups is 4. The number of hydrogen-bond donors (Lipinski definition) is 2. The number of aldehydes is 1. The zero-order valence-electron chi connectivity index (χ0n) is 32.4. The lowest BCUT2D eigenvalue weighted by Crippen LogP contribution is -2.64. The van der Waals surface area contributed by atoms with Crippen LogP contribution in [0, 0.1) is 51.2 Å². The molecule has 5 saturated carbocycles. The standard InChI is InChI=1S/C40H57N3O6.CH4O/c1-22(2)31-26(45)19-40(41-33(47)35-43-42-34(49-35)23-9-10-23)18-13-25-24(32(31)40)11-12-28-38(25,7)16-14-27-37(5,6)29(15-17-39(27,28)8)48-30(46)20-36(3,4)21-44;1-2/h21-25,27-29H,9-20H2,1-8H3,(H,41,47);2H,1H3. The number of nitrogens with zero attached hydrogens (tertiary/aromatic N) is 2. The molecular weight excluding hydrogens is 646 g/mol. The maximum atomic E-state index is 13.8. The Hall–Kier alpha value is -2.88. The van der Waals surface area contributed by atoms with Gasteiger partial charge in [0.15, 0.2) is 5.78 Å². The second-order valence-corrected chi connectivity index (χ2v) is 18.9. The summed E-state index contributed by atoms with van der Waals surface area (Å²) in [5.74, 6) is 2.03. The van der Waals surface area contributed by atoms with E-state index in [1.165, 1.54) is 5.57 Å². The summed E-state index contributed by atoms with van der Waals surface area (Å²) in [6, 6.07) is 0. The molecule has 0 bridgehead atoms. The third-order valence-electron chi connectivity index (χ3n) is 14.6. The largest absolute Gasteiger partial charge is 0.462 e.